The van der Waals surface area contributed by atoms with E-state index in [-0.39, 0.29) is 30.2 Å². The van der Waals surface area contributed by atoms with Crippen LogP contribution in [0.3, 0.4) is 0 Å². The molecule has 0 aliphatic rings. The number of carbonyl (C=O) groups excluding carboxylic acids is 1. The molecule has 1 aromatic carbocycles. The number of benzene rings is 1. The predicted molar refractivity (Wildman–Crippen MR) is 110 cm³/mol. The number of furan rings is 1. The zero-order chi connectivity index (χ0) is 21.3. The second-order valence-electron chi connectivity index (χ2n) is 7.07. The number of aryl methyl sites for hydroxylation is 2. The van der Waals surface area contributed by atoms with Crippen LogP contribution in [0.4, 0.5) is 4.39 Å². The van der Waals surface area contributed by atoms with Crippen LogP contribution >= 0.6 is 0 Å². The van der Waals surface area contributed by atoms with Crippen LogP contribution in [0.5, 0.6) is 0 Å². The van der Waals surface area contributed by atoms with Gasteiger partial charge in [-0.3, -0.25) is 18.7 Å². The van der Waals surface area contributed by atoms with Crippen molar-refractivity contribution in [2.24, 2.45) is 0 Å². The fourth-order valence-corrected chi connectivity index (χ4v) is 3.49. The Labute approximate surface area is 171 Å². The summed E-state index contributed by atoms with van der Waals surface area (Å²) >= 11 is 0. The first kappa shape index (κ1) is 19.6. The molecule has 4 aromatic rings. The number of rotatable bonds is 6. The van der Waals surface area contributed by atoms with Crippen LogP contribution in [0.2, 0.25) is 0 Å². The van der Waals surface area contributed by atoms with Crippen molar-refractivity contribution >= 4 is 16.9 Å². The second kappa shape index (κ2) is 7.98. The first-order valence-electron chi connectivity index (χ1n) is 9.58. The lowest BCUT2D eigenvalue weighted by Gasteiger charge is -2.09. The van der Waals surface area contributed by atoms with Crippen molar-refractivity contribution in [3.63, 3.8) is 0 Å². The number of fused-ring (bicyclic) bond motifs is 1. The summed E-state index contributed by atoms with van der Waals surface area (Å²) in [5.41, 5.74) is 2.44. The predicted octanol–water partition coefficient (Wildman–Crippen LogP) is 3.24. The average Bonchev–Trinajstić information content (AvgIpc) is 3.33. The summed E-state index contributed by atoms with van der Waals surface area (Å²) in [6, 6.07) is 9.69. The summed E-state index contributed by atoms with van der Waals surface area (Å²) in [6.45, 7) is 4.22. The van der Waals surface area contributed by atoms with E-state index in [0.29, 0.717) is 29.0 Å². The highest BCUT2D eigenvalue weighted by Crippen LogP contribution is 2.25. The molecule has 3 aromatic heterocycles. The van der Waals surface area contributed by atoms with Crippen molar-refractivity contribution in [1.82, 2.24) is 19.4 Å². The van der Waals surface area contributed by atoms with E-state index >= 15 is 0 Å². The number of hydrogen-bond donors (Lipinski definition) is 1. The maximum atomic E-state index is 13.7. The first-order valence-corrected chi connectivity index (χ1v) is 9.58. The molecule has 4 rings (SSSR count). The first-order chi connectivity index (χ1) is 14.5. The van der Waals surface area contributed by atoms with Gasteiger partial charge in [0.15, 0.2) is 5.65 Å². The normalized spacial score (nSPS) is 11.2. The van der Waals surface area contributed by atoms with Gasteiger partial charge in [0, 0.05) is 18.7 Å². The summed E-state index contributed by atoms with van der Waals surface area (Å²) < 4.78 is 22.1. The molecule has 1 N–H and O–H groups in total. The van der Waals surface area contributed by atoms with Gasteiger partial charge in [0.05, 0.1) is 30.2 Å². The minimum atomic E-state index is -0.361. The quantitative estimate of drug-likeness (QED) is 0.531. The van der Waals surface area contributed by atoms with E-state index in [1.165, 1.54) is 23.0 Å². The molecule has 0 aliphatic heterocycles. The van der Waals surface area contributed by atoms with E-state index in [9.17, 15) is 14.0 Å². The van der Waals surface area contributed by atoms with Gasteiger partial charge in [0.2, 0.25) is 5.91 Å². The van der Waals surface area contributed by atoms with E-state index in [0.717, 1.165) is 11.3 Å². The molecule has 7 nitrogen and oxygen atoms in total. The summed E-state index contributed by atoms with van der Waals surface area (Å²) in [6.07, 6.45) is 3.11. The minimum absolute atomic E-state index is 0.135. The molecule has 0 bridgehead atoms. The summed E-state index contributed by atoms with van der Waals surface area (Å²) in [5, 5.41) is 3.22. The molecule has 30 heavy (non-hydrogen) atoms. The van der Waals surface area contributed by atoms with E-state index in [4.69, 9.17) is 4.42 Å². The molecule has 154 valence electrons. The largest absolute Gasteiger partial charge is 0.467 e. The molecule has 0 saturated carbocycles. The Morgan fingerprint density at radius 1 is 1.23 bits per heavy atom. The highest BCUT2D eigenvalue weighted by molar-refractivity contribution is 5.83. The molecule has 0 atom stereocenters. The fourth-order valence-electron chi connectivity index (χ4n) is 3.49. The molecule has 8 heteroatoms. The SMILES string of the molecule is Cc1c(C)n(-c2cccc(F)c2)c2ncn(CCC(=O)NCc3ccco3)c(=O)c12. The zero-order valence-corrected chi connectivity index (χ0v) is 16.7. The van der Waals surface area contributed by atoms with Crippen LogP contribution in [0.1, 0.15) is 23.4 Å². The lowest BCUT2D eigenvalue weighted by atomic mass is 10.2. The number of amides is 1. The molecule has 0 saturated heterocycles. The number of hydrogen-bond acceptors (Lipinski definition) is 4. The highest BCUT2D eigenvalue weighted by Gasteiger charge is 2.18. The van der Waals surface area contributed by atoms with Crippen LogP contribution in [-0.2, 0) is 17.9 Å². The van der Waals surface area contributed by atoms with Crippen LogP contribution < -0.4 is 10.9 Å². The zero-order valence-electron chi connectivity index (χ0n) is 16.7. The molecular formula is C22H21FN4O3. The lowest BCUT2D eigenvalue weighted by molar-refractivity contribution is -0.121. The maximum absolute atomic E-state index is 13.7. The van der Waals surface area contributed by atoms with Gasteiger partial charge in [-0.05, 0) is 49.7 Å². The summed E-state index contributed by atoms with van der Waals surface area (Å²) in [5.74, 6) is 0.109. The molecule has 0 radical (unpaired) electrons. The minimum Gasteiger partial charge on any atom is -0.467 e. The third kappa shape index (κ3) is 3.63. The summed E-state index contributed by atoms with van der Waals surface area (Å²) in [4.78, 5) is 29.6. The third-order valence-electron chi connectivity index (χ3n) is 5.17. The Morgan fingerprint density at radius 2 is 2.07 bits per heavy atom. The van der Waals surface area contributed by atoms with Gasteiger partial charge in [0.1, 0.15) is 11.6 Å². The Morgan fingerprint density at radius 3 is 2.80 bits per heavy atom. The van der Waals surface area contributed by atoms with Gasteiger partial charge in [0.25, 0.3) is 5.56 Å². The molecule has 0 fully saturated rings. The van der Waals surface area contributed by atoms with Gasteiger partial charge in [-0.25, -0.2) is 9.37 Å². The number of nitrogens with one attached hydrogen (secondary N) is 1. The lowest BCUT2D eigenvalue weighted by Crippen LogP contribution is -2.27. The Bertz CT molecular complexity index is 1270. The van der Waals surface area contributed by atoms with Crippen molar-refractivity contribution in [2.75, 3.05) is 0 Å². The fraction of sp³-hybridized carbons (Fsp3) is 0.227. The number of halogens is 1. The van der Waals surface area contributed by atoms with Gasteiger partial charge >= 0.3 is 0 Å². The Hall–Kier alpha value is -3.68. The molecule has 0 unspecified atom stereocenters. The van der Waals surface area contributed by atoms with E-state index in [1.807, 2.05) is 13.8 Å². The molecule has 3 heterocycles. The monoisotopic (exact) mass is 408 g/mol. The van der Waals surface area contributed by atoms with Crippen LogP contribution in [0, 0.1) is 19.7 Å². The second-order valence-corrected chi connectivity index (χ2v) is 7.07. The highest BCUT2D eigenvalue weighted by atomic mass is 19.1. The van der Waals surface area contributed by atoms with Crippen molar-refractivity contribution in [3.05, 3.63) is 82.2 Å². The van der Waals surface area contributed by atoms with Crippen molar-refractivity contribution in [3.8, 4) is 5.69 Å². The molecular weight excluding hydrogens is 387 g/mol. The van der Waals surface area contributed by atoms with Gasteiger partial charge < -0.3 is 9.73 Å². The van der Waals surface area contributed by atoms with Crippen molar-refractivity contribution in [1.29, 1.82) is 0 Å². The van der Waals surface area contributed by atoms with Crippen molar-refractivity contribution < 1.29 is 13.6 Å². The van der Waals surface area contributed by atoms with Gasteiger partial charge in [-0.15, -0.1) is 0 Å². The third-order valence-corrected chi connectivity index (χ3v) is 5.17. The topological polar surface area (TPSA) is 82.1 Å². The molecule has 0 spiro atoms. The van der Waals surface area contributed by atoms with Crippen LogP contribution in [0.15, 0.2) is 58.2 Å². The Kier molecular flexibility index (Phi) is 5.22. The number of carbonyl (C=O) groups is 1. The molecule has 0 aliphatic carbocycles. The van der Waals surface area contributed by atoms with Crippen LogP contribution in [0.25, 0.3) is 16.7 Å². The number of nitrogens with zero attached hydrogens (tertiary/aromatic N) is 3. The number of aromatic nitrogens is 3. The molecule has 1 amide bonds. The van der Waals surface area contributed by atoms with E-state index in [2.05, 4.69) is 10.3 Å². The van der Waals surface area contributed by atoms with Gasteiger partial charge in [-0.1, -0.05) is 6.07 Å². The van der Waals surface area contributed by atoms with Gasteiger partial charge in [-0.2, -0.15) is 0 Å². The van der Waals surface area contributed by atoms with E-state index < -0.39 is 0 Å². The smallest absolute Gasteiger partial charge is 0.263 e. The summed E-state index contributed by atoms with van der Waals surface area (Å²) in [7, 11) is 0. The van der Waals surface area contributed by atoms with E-state index in [1.54, 1.807) is 35.1 Å². The average molecular weight is 408 g/mol. The van der Waals surface area contributed by atoms with Crippen LogP contribution in [-0.4, -0.2) is 20.0 Å². The van der Waals surface area contributed by atoms with Crippen molar-refractivity contribution in [2.45, 2.75) is 33.4 Å². The standard InChI is InChI=1S/C22H21FN4O3/c1-14-15(2)27(17-6-3-5-16(23)11-17)21-20(14)22(29)26(13-25-21)9-8-19(28)24-12-18-7-4-10-30-18/h3-7,10-11,13H,8-9,12H2,1-2H3,(H,24,28). The maximum Gasteiger partial charge on any atom is 0.263 e. The Balaban J connectivity index is 1.59.